The Morgan fingerprint density at radius 3 is 1.82 bits per heavy atom. The molecule has 0 saturated carbocycles. The molecule has 0 amide bonds. The van der Waals surface area contributed by atoms with Crippen LogP contribution in [0.25, 0.3) is 12.2 Å². The van der Waals surface area contributed by atoms with E-state index < -0.39 is 9.31 Å². The molecule has 0 fully saturated rings. The molecule has 45 heavy (non-hydrogen) atoms. The fourth-order valence-electron chi connectivity index (χ4n) is 6.74. The van der Waals surface area contributed by atoms with Crippen molar-refractivity contribution in [2.75, 3.05) is 18.1 Å². The smallest absolute Gasteiger partial charge is 1.00 e. The Hall–Kier alpha value is -0.291. The Morgan fingerprint density at radius 1 is 0.778 bits per heavy atom. The molecule has 2 aromatic carbocycles. The second kappa shape index (κ2) is 23.9. The van der Waals surface area contributed by atoms with Gasteiger partial charge in [0.05, 0.1) is 0 Å². The average molecular weight is 612 g/mol. The molecule has 224 valence electrons. The normalized spacial score (nSPS) is 12.0. The largest absolute Gasteiger partial charge is 1.00 e. The summed E-state index contributed by atoms with van der Waals surface area (Å²) in [6, 6.07) is 15.5. The first-order chi connectivity index (χ1) is 21.1. The Morgan fingerprint density at radius 2 is 1.29 bits per heavy atom. The Labute approximate surface area is 308 Å². The second-order valence-electron chi connectivity index (χ2n) is 13.5. The number of phenolic OH excluding ortho intramolecular Hbond substituents is 2. The number of ether oxygens (including phenoxy) is 1. The van der Waals surface area contributed by atoms with Crippen LogP contribution in [-0.2, 0) is 9.31 Å². The molecule has 1 atom stereocenters. The molecule has 0 spiro atoms. The van der Waals surface area contributed by atoms with Gasteiger partial charge in [-0.15, -0.1) is 0 Å². The minimum Gasteiger partial charge on any atom is 1.00 e. The van der Waals surface area contributed by atoms with Crippen LogP contribution in [0.2, 0.25) is 0 Å². The van der Waals surface area contributed by atoms with E-state index in [4.69, 9.17) is 4.74 Å². The summed E-state index contributed by atoms with van der Waals surface area (Å²) in [7, 11) is 16.7. The Balaban J connectivity index is 0.0000101. The molecule has 0 aliphatic heterocycles. The molecule has 0 bridgehead atoms. The zero-order valence-electron chi connectivity index (χ0n) is 29.9. The van der Waals surface area contributed by atoms with Crippen LogP contribution in [0.5, 0.6) is 17.2 Å². The van der Waals surface area contributed by atoms with Gasteiger partial charge in [-0.2, -0.15) is 0 Å². The molecule has 0 heterocycles. The maximum atomic E-state index is 9.66. The van der Waals surface area contributed by atoms with Gasteiger partial charge in [0.25, 0.3) is 0 Å². The van der Waals surface area contributed by atoms with Crippen LogP contribution in [0, 0.1) is 0 Å². The molecule has 17 heteroatoms. The summed E-state index contributed by atoms with van der Waals surface area (Å²) in [5.41, 5.74) is 1.79. The van der Waals surface area contributed by atoms with Crippen LogP contribution in [0.15, 0.2) is 42.5 Å². The number of rotatable bonds is 22. The van der Waals surface area contributed by atoms with Crippen molar-refractivity contribution in [1.82, 2.24) is 0 Å². The molecule has 1 unspecified atom stereocenters. The van der Waals surface area contributed by atoms with E-state index in [0.717, 1.165) is 42.7 Å². The van der Waals surface area contributed by atoms with Gasteiger partial charge in [-0.25, -0.2) is 0 Å². The standard InChI is InChI=1S/C28H51B12O3S.Na/c1-2-3-4-5-7-10-19-44(36-39(34)35-29,40(37(30)31)38(32)33)20-11-8-6-9-18-43-28-16-14-24(15-17-28)12-13-25-21-26(41)23-27(42)22-25;/h12-17,21-23,29,35H,2-11,18-20,30-34H2,1H3,(H-,41,42);/q-1;+1/p+1/b13-12+;/i29-1,30-1,31-1,32-1,33-1,34-1,35-1,36-1,37-1,38-1,39-1,40-1;. The fraction of sp³-hybridized carbons (Fsp3) is 0.500. The minimum absolute atomic E-state index is 0. The number of phenols is 2. The summed E-state index contributed by atoms with van der Waals surface area (Å²) < 4.78 is 6.07. The predicted octanol–water partition coefficient (Wildman–Crippen LogP) is -3.13. The van der Waals surface area contributed by atoms with Crippen molar-refractivity contribution in [3.8, 4) is 17.2 Å². The third-order valence-electron chi connectivity index (χ3n) is 8.65. The van der Waals surface area contributed by atoms with Crippen LogP contribution < -0.4 is 34.3 Å². The van der Waals surface area contributed by atoms with Gasteiger partial charge >= 0.3 is 253 Å². The third kappa shape index (κ3) is 16.6. The molecule has 0 saturated heterocycles. The number of hydrogen-bond acceptors (Lipinski definition) is 3. The van der Waals surface area contributed by atoms with Gasteiger partial charge in [0.2, 0.25) is 0 Å². The van der Waals surface area contributed by atoms with Crippen LogP contribution in [-0.4, -0.2) is 113 Å². The quantitative estimate of drug-likeness (QED) is 0.0642. The molecule has 2 rings (SSSR count). The number of hydrogen-bond donors (Lipinski definition) is 2. The first-order valence-corrected chi connectivity index (χ1v) is 19.6. The number of benzene rings is 2. The summed E-state index contributed by atoms with van der Waals surface area (Å²) >= 11 is 0. The third-order valence-corrected chi connectivity index (χ3v) is 13.9. The van der Waals surface area contributed by atoms with E-state index in [1.54, 1.807) is 12.1 Å². The van der Waals surface area contributed by atoms with Gasteiger partial charge in [0.15, 0.2) is 0 Å². The topological polar surface area (TPSA) is 49.7 Å². The van der Waals surface area contributed by atoms with E-state index >= 15 is 0 Å². The van der Waals surface area contributed by atoms with Crippen molar-refractivity contribution in [3.63, 3.8) is 0 Å². The van der Waals surface area contributed by atoms with Crippen LogP contribution in [0.1, 0.15) is 82.3 Å². The Kier molecular flexibility index (Phi) is 22.7. The van der Waals surface area contributed by atoms with Crippen LogP contribution >= 0.6 is 0 Å². The van der Waals surface area contributed by atoms with Gasteiger partial charge in [0, 0.05) is 6.07 Å². The first kappa shape index (κ1) is 42.7. The predicted molar refractivity (Wildman–Crippen MR) is 225 cm³/mol. The van der Waals surface area contributed by atoms with E-state index in [2.05, 4.69) is 59.4 Å². The fourth-order valence-corrected chi connectivity index (χ4v) is 12.6. The molecule has 0 aliphatic carbocycles. The molecule has 3 nitrogen and oxygen atoms in total. The SMILES string of the molecule is [10BH-][10BH][10B]([10BH2])[10B]=[S+](CCCCCCCC)(CCCCCCOc1ccc(/C=C/c2cc(O)cc(O)c2)cc1)[10B]([10B]([10BH2])[10BH2])[10B]([10BH2])[10BH2].[Na+]. The van der Waals surface area contributed by atoms with Gasteiger partial charge in [-0.3, -0.25) is 0 Å². The summed E-state index contributed by atoms with van der Waals surface area (Å²) in [6.45, 7) is 3.05. The maximum absolute atomic E-state index is 9.66. The zero-order valence-corrected chi connectivity index (χ0v) is 32.7. The van der Waals surface area contributed by atoms with Crippen LogP contribution in [0.4, 0.5) is 0 Å². The van der Waals surface area contributed by atoms with Crippen molar-refractivity contribution >= 4 is 106 Å². The number of unbranched alkanes of at least 4 members (excludes halogenated alkanes) is 8. The molecule has 2 aromatic rings. The molecule has 0 aromatic heterocycles. The minimum atomic E-state index is -0.833. The van der Waals surface area contributed by atoms with Crippen molar-refractivity contribution in [2.45, 2.75) is 71.1 Å². The first-order valence-electron chi connectivity index (χ1n) is 17.5. The summed E-state index contributed by atoms with van der Waals surface area (Å²) in [6.07, 6.45) is 19.0. The van der Waals surface area contributed by atoms with E-state index in [-0.39, 0.29) is 41.1 Å². The van der Waals surface area contributed by atoms with Crippen molar-refractivity contribution in [2.24, 2.45) is 0 Å². The molecular weight excluding hydrogens is 560 g/mol. The van der Waals surface area contributed by atoms with Gasteiger partial charge < -0.3 is 10.2 Å². The zero-order chi connectivity index (χ0) is 32.4. The molecule has 0 aliphatic rings. The van der Waals surface area contributed by atoms with Crippen LogP contribution in [0.3, 0.4) is 0 Å². The molecule has 2 radical (unpaired) electrons. The molecule has 2 N–H and O–H groups in total. The second-order valence-corrected chi connectivity index (χ2v) is 17.1. The van der Waals surface area contributed by atoms with E-state index in [1.165, 1.54) is 75.4 Å². The van der Waals surface area contributed by atoms with E-state index in [9.17, 15) is 10.2 Å². The van der Waals surface area contributed by atoms with Crippen molar-refractivity contribution < 1.29 is 44.5 Å². The van der Waals surface area contributed by atoms with E-state index in [1.807, 2.05) is 36.4 Å². The summed E-state index contributed by atoms with van der Waals surface area (Å²) in [5.74, 6) is 4.59. The average Bonchev–Trinajstić information content (AvgIpc) is 2.97. The maximum Gasteiger partial charge on any atom is 1.00 e. The monoisotopic (exact) mass is 612 g/mol. The number of aromatic hydroxyl groups is 2. The van der Waals surface area contributed by atoms with Crippen molar-refractivity contribution in [3.05, 3.63) is 53.6 Å². The summed E-state index contributed by atoms with van der Waals surface area (Å²) in [4.78, 5) is 0. The Bertz CT molecular complexity index is 1150. The van der Waals surface area contributed by atoms with Gasteiger partial charge in [-0.05, 0) is 17.7 Å². The van der Waals surface area contributed by atoms with Gasteiger partial charge in [-0.1, -0.05) is 12.2 Å². The molecular formula is C28H52B12NaO3S+. The summed E-state index contributed by atoms with van der Waals surface area (Å²) in [5, 5.41) is 19.3. The van der Waals surface area contributed by atoms with Gasteiger partial charge in [0.1, 0.15) is 11.5 Å². The van der Waals surface area contributed by atoms with E-state index in [0.29, 0.717) is 19.2 Å². The van der Waals surface area contributed by atoms with Crippen molar-refractivity contribution in [1.29, 1.82) is 0 Å².